The van der Waals surface area contributed by atoms with Gasteiger partial charge in [0.1, 0.15) is 13.2 Å². The van der Waals surface area contributed by atoms with Crippen molar-refractivity contribution >= 4 is 17.9 Å². The normalized spacial score (nSPS) is 12.3. The summed E-state index contributed by atoms with van der Waals surface area (Å²) < 4.78 is 16.8. The van der Waals surface area contributed by atoms with Crippen LogP contribution in [0.15, 0.2) is 48.6 Å². The molecule has 0 aromatic carbocycles. The van der Waals surface area contributed by atoms with Crippen molar-refractivity contribution in [1.82, 2.24) is 0 Å². The van der Waals surface area contributed by atoms with Crippen LogP contribution in [-0.2, 0) is 28.6 Å². The van der Waals surface area contributed by atoms with E-state index in [1.54, 1.807) is 0 Å². The molecule has 0 rings (SSSR count). The molecular weight excluding hydrogens is 865 g/mol. The van der Waals surface area contributed by atoms with Crippen LogP contribution < -0.4 is 0 Å². The second-order valence-electron chi connectivity index (χ2n) is 20.6. The molecule has 0 saturated heterocycles. The topological polar surface area (TPSA) is 78.9 Å². The van der Waals surface area contributed by atoms with Crippen molar-refractivity contribution in [3.63, 3.8) is 0 Å². The number of rotatable bonds is 56. The highest BCUT2D eigenvalue weighted by atomic mass is 16.6. The molecule has 0 aliphatic carbocycles. The van der Waals surface area contributed by atoms with Crippen molar-refractivity contribution in [2.75, 3.05) is 13.2 Å². The molecule has 0 heterocycles. The summed E-state index contributed by atoms with van der Waals surface area (Å²) in [6.45, 7) is 6.56. The Morgan fingerprint density at radius 1 is 0.286 bits per heavy atom. The molecule has 6 heteroatoms. The average molecular weight is 982 g/mol. The minimum Gasteiger partial charge on any atom is -0.462 e. The summed E-state index contributed by atoms with van der Waals surface area (Å²) in [5.74, 6) is -0.890. The van der Waals surface area contributed by atoms with E-state index in [0.717, 1.165) is 96.3 Å². The van der Waals surface area contributed by atoms with Crippen LogP contribution in [0.1, 0.15) is 323 Å². The highest BCUT2D eigenvalue weighted by molar-refractivity contribution is 5.71. The van der Waals surface area contributed by atoms with Gasteiger partial charge in [0.2, 0.25) is 0 Å². The lowest BCUT2D eigenvalue weighted by atomic mass is 10.0. The van der Waals surface area contributed by atoms with Crippen molar-refractivity contribution in [3.05, 3.63) is 48.6 Å². The maximum absolute atomic E-state index is 12.8. The first kappa shape index (κ1) is 67.4. The minimum atomic E-state index is -0.782. The molecule has 0 radical (unpaired) electrons. The Morgan fingerprint density at radius 3 is 0.886 bits per heavy atom. The molecule has 1 atom stereocenters. The molecule has 408 valence electrons. The highest BCUT2D eigenvalue weighted by Gasteiger charge is 2.19. The zero-order valence-corrected chi connectivity index (χ0v) is 46.8. The summed E-state index contributed by atoms with van der Waals surface area (Å²) in [6, 6.07) is 0. The van der Waals surface area contributed by atoms with Crippen LogP contribution in [0.2, 0.25) is 0 Å². The number of unbranched alkanes of at least 4 members (excludes halogenated alkanes) is 37. The van der Waals surface area contributed by atoms with Gasteiger partial charge in [-0.2, -0.15) is 0 Å². The highest BCUT2D eigenvalue weighted by Crippen LogP contribution is 2.17. The first-order chi connectivity index (χ1) is 34.5. The standard InChI is InChI=1S/C64H116O6/c1-4-7-10-13-16-19-22-25-26-27-28-29-30-31-32-33-34-35-36-37-38-40-42-45-48-51-54-57-63(66)69-60-61(59-68-62(65)56-53-50-47-44-41-24-21-18-15-12-9-6-3)70-64(67)58-55-52-49-46-43-39-23-20-17-14-11-8-5-2/h11,14,18,20-21,23,27-28,61H,4-10,12-13,15-17,19,22,24-26,29-60H2,1-3H3/b14-11-,21-18-,23-20-,28-27-. The summed E-state index contributed by atoms with van der Waals surface area (Å²) in [5.41, 5.74) is 0. The minimum absolute atomic E-state index is 0.0792. The van der Waals surface area contributed by atoms with E-state index in [1.807, 2.05) is 0 Å². The number of carbonyl (C=O) groups excluding carboxylic acids is 3. The number of ether oxygens (including phenoxy) is 3. The largest absolute Gasteiger partial charge is 0.462 e. The van der Waals surface area contributed by atoms with E-state index in [0.29, 0.717) is 19.3 Å². The third-order valence-electron chi connectivity index (χ3n) is 13.5. The van der Waals surface area contributed by atoms with Crippen LogP contribution in [-0.4, -0.2) is 37.2 Å². The van der Waals surface area contributed by atoms with Crippen molar-refractivity contribution < 1.29 is 28.6 Å². The Labute approximate surface area is 435 Å². The second kappa shape index (κ2) is 58.9. The number of hydrogen-bond acceptors (Lipinski definition) is 6. The fourth-order valence-corrected chi connectivity index (χ4v) is 8.88. The van der Waals surface area contributed by atoms with Gasteiger partial charge in [-0.05, 0) is 96.3 Å². The van der Waals surface area contributed by atoms with E-state index >= 15 is 0 Å². The average Bonchev–Trinajstić information content (AvgIpc) is 3.36. The Morgan fingerprint density at radius 2 is 0.543 bits per heavy atom. The van der Waals surface area contributed by atoms with Gasteiger partial charge in [-0.3, -0.25) is 14.4 Å². The summed E-state index contributed by atoms with van der Waals surface area (Å²) >= 11 is 0. The van der Waals surface area contributed by atoms with E-state index in [1.165, 1.54) is 186 Å². The lowest BCUT2D eigenvalue weighted by molar-refractivity contribution is -0.167. The van der Waals surface area contributed by atoms with E-state index < -0.39 is 6.10 Å². The maximum atomic E-state index is 12.8. The third kappa shape index (κ3) is 56.3. The number of allylic oxidation sites excluding steroid dienone is 8. The van der Waals surface area contributed by atoms with Gasteiger partial charge in [0.25, 0.3) is 0 Å². The zero-order valence-electron chi connectivity index (χ0n) is 46.8. The molecule has 1 unspecified atom stereocenters. The van der Waals surface area contributed by atoms with Crippen molar-refractivity contribution in [2.24, 2.45) is 0 Å². The predicted octanol–water partition coefficient (Wildman–Crippen LogP) is 20.6. The van der Waals surface area contributed by atoms with Crippen LogP contribution in [0.3, 0.4) is 0 Å². The third-order valence-corrected chi connectivity index (χ3v) is 13.5. The van der Waals surface area contributed by atoms with E-state index in [4.69, 9.17) is 14.2 Å². The predicted molar refractivity (Wildman–Crippen MR) is 302 cm³/mol. The van der Waals surface area contributed by atoms with Gasteiger partial charge in [0.15, 0.2) is 6.10 Å². The molecule has 0 aliphatic rings. The zero-order chi connectivity index (χ0) is 50.7. The van der Waals surface area contributed by atoms with Crippen LogP contribution in [0.25, 0.3) is 0 Å². The van der Waals surface area contributed by atoms with Gasteiger partial charge in [-0.1, -0.05) is 256 Å². The van der Waals surface area contributed by atoms with E-state index in [9.17, 15) is 14.4 Å². The van der Waals surface area contributed by atoms with Gasteiger partial charge < -0.3 is 14.2 Å². The first-order valence-electron chi connectivity index (χ1n) is 30.6. The van der Waals surface area contributed by atoms with Crippen LogP contribution in [0.4, 0.5) is 0 Å². The van der Waals surface area contributed by atoms with Gasteiger partial charge in [-0.15, -0.1) is 0 Å². The summed E-state index contributed by atoms with van der Waals surface area (Å²) in [5, 5.41) is 0. The van der Waals surface area contributed by atoms with Crippen molar-refractivity contribution in [1.29, 1.82) is 0 Å². The lowest BCUT2D eigenvalue weighted by Gasteiger charge is -2.18. The fraction of sp³-hybridized carbons (Fsp3) is 0.828. The van der Waals surface area contributed by atoms with Crippen LogP contribution in [0, 0.1) is 0 Å². The van der Waals surface area contributed by atoms with E-state index in [2.05, 4.69) is 69.4 Å². The number of hydrogen-bond donors (Lipinski definition) is 0. The number of carbonyl (C=O) groups is 3. The molecule has 0 bridgehead atoms. The summed E-state index contributed by atoms with van der Waals surface area (Å²) in [7, 11) is 0. The van der Waals surface area contributed by atoms with Crippen LogP contribution in [0.5, 0.6) is 0 Å². The van der Waals surface area contributed by atoms with Gasteiger partial charge in [-0.25, -0.2) is 0 Å². The van der Waals surface area contributed by atoms with Crippen molar-refractivity contribution in [2.45, 2.75) is 329 Å². The Balaban J connectivity index is 4.17. The molecule has 0 spiro atoms. The molecule has 0 saturated carbocycles. The Hall–Kier alpha value is -2.63. The second-order valence-corrected chi connectivity index (χ2v) is 20.6. The monoisotopic (exact) mass is 981 g/mol. The number of esters is 3. The Bertz CT molecular complexity index is 1220. The molecule has 0 aliphatic heterocycles. The summed E-state index contributed by atoms with van der Waals surface area (Å²) in [6.07, 6.45) is 72.7. The van der Waals surface area contributed by atoms with E-state index in [-0.39, 0.29) is 31.1 Å². The van der Waals surface area contributed by atoms with Gasteiger partial charge >= 0.3 is 17.9 Å². The Kier molecular flexibility index (Phi) is 56.7. The maximum Gasteiger partial charge on any atom is 0.306 e. The SMILES string of the molecule is CCC/C=C\C/C=C\CCCCCCCC(=O)OC(COC(=O)CCCCCCC/C=C\CCCCC)COC(=O)CCCCCCCCCCCCCCCCC/C=C\CCCCCCCCCC. The molecule has 0 amide bonds. The first-order valence-corrected chi connectivity index (χ1v) is 30.6. The molecule has 0 aromatic rings. The van der Waals surface area contributed by atoms with Gasteiger partial charge in [0, 0.05) is 19.3 Å². The molecule has 0 N–H and O–H groups in total. The van der Waals surface area contributed by atoms with Crippen molar-refractivity contribution in [3.8, 4) is 0 Å². The molecule has 0 aromatic heterocycles. The molecule has 70 heavy (non-hydrogen) atoms. The molecule has 6 nitrogen and oxygen atoms in total. The van der Waals surface area contributed by atoms with Crippen LogP contribution >= 0.6 is 0 Å². The summed E-state index contributed by atoms with van der Waals surface area (Å²) in [4.78, 5) is 38.1. The lowest BCUT2D eigenvalue weighted by Crippen LogP contribution is -2.30. The molecular formula is C64H116O6. The van der Waals surface area contributed by atoms with Gasteiger partial charge in [0.05, 0.1) is 0 Å². The quantitative estimate of drug-likeness (QED) is 0.0261. The molecule has 0 fully saturated rings. The fourth-order valence-electron chi connectivity index (χ4n) is 8.88. The smallest absolute Gasteiger partial charge is 0.306 e.